The third-order valence-electron chi connectivity index (χ3n) is 13.0. The first-order valence-corrected chi connectivity index (χ1v) is 28.0. The van der Waals surface area contributed by atoms with Crippen molar-refractivity contribution in [2.75, 3.05) is 0 Å². The Hall–Kier alpha value is -2.26. The van der Waals surface area contributed by atoms with Crippen molar-refractivity contribution in [2.45, 2.75) is 261 Å². The highest BCUT2D eigenvalue weighted by Crippen LogP contribution is 2.51. The normalized spacial score (nSPS) is 14.2. The molecule has 66 heavy (non-hydrogen) atoms. The monoisotopic (exact) mass is 933 g/mol. The number of rotatable bonds is 4. The summed E-state index contributed by atoms with van der Waals surface area (Å²) >= 11 is 0. The standard InChI is InChI=1S/2C32H51P/c2*1-28(2,3)22-16-23(29(4,5)6)19-26(18-22)33(32(13,14)15)27-20-24(30(7,8)9)17-25(21-27)31(10,11)12/h2*16-21H,1-15H3. The van der Waals surface area contributed by atoms with E-state index >= 15 is 0 Å². The summed E-state index contributed by atoms with van der Waals surface area (Å²) < 4.78 is 0. The summed E-state index contributed by atoms with van der Waals surface area (Å²) in [5.41, 5.74) is 12.6. The molecule has 0 unspecified atom stereocenters. The Bertz CT molecular complexity index is 1830. The van der Waals surface area contributed by atoms with E-state index in [0.717, 1.165) is 0 Å². The van der Waals surface area contributed by atoms with Gasteiger partial charge < -0.3 is 0 Å². The maximum atomic E-state index is 2.52. The quantitative estimate of drug-likeness (QED) is 0.179. The highest BCUT2D eigenvalue weighted by Gasteiger charge is 2.35. The minimum atomic E-state index is -0.545. The van der Waals surface area contributed by atoms with Gasteiger partial charge in [-0.1, -0.05) is 281 Å². The molecular formula is C64H102P2. The Balaban J connectivity index is 0.000000350. The van der Waals surface area contributed by atoms with Crippen molar-refractivity contribution < 1.29 is 0 Å². The molecule has 4 aromatic carbocycles. The van der Waals surface area contributed by atoms with E-state index in [2.05, 4.69) is 281 Å². The van der Waals surface area contributed by atoms with Crippen LogP contribution in [-0.2, 0) is 43.3 Å². The van der Waals surface area contributed by atoms with Gasteiger partial charge in [0.15, 0.2) is 0 Å². The van der Waals surface area contributed by atoms with Crippen molar-refractivity contribution in [1.82, 2.24) is 0 Å². The molecule has 4 aromatic rings. The molecule has 0 radical (unpaired) electrons. The summed E-state index contributed by atoms with van der Waals surface area (Å²) in [6.07, 6.45) is 0. The second-order valence-electron chi connectivity index (χ2n) is 30.1. The van der Waals surface area contributed by atoms with Crippen LogP contribution in [0, 0.1) is 0 Å². The highest BCUT2D eigenvalue weighted by atomic mass is 31.1. The highest BCUT2D eigenvalue weighted by molar-refractivity contribution is 7.74. The maximum absolute atomic E-state index is 2.52. The molecule has 0 aliphatic carbocycles. The van der Waals surface area contributed by atoms with Crippen LogP contribution >= 0.6 is 15.8 Å². The van der Waals surface area contributed by atoms with Gasteiger partial charge >= 0.3 is 0 Å². The molecule has 368 valence electrons. The van der Waals surface area contributed by atoms with Gasteiger partial charge in [0.1, 0.15) is 0 Å². The molecule has 0 N–H and O–H groups in total. The first-order valence-electron chi connectivity index (χ1n) is 25.3. The first-order chi connectivity index (χ1) is 29.0. The molecule has 0 bridgehead atoms. The summed E-state index contributed by atoms with van der Waals surface area (Å²) in [7, 11) is -1.09. The molecule has 0 nitrogen and oxygen atoms in total. The summed E-state index contributed by atoms with van der Waals surface area (Å²) in [4.78, 5) is 0. The molecule has 0 aliphatic heterocycles. The lowest BCUT2D eigenvalue weighted by atomic mass is 9.81. The Morgan fingerprint density at radius 1 is 0.182 bits per heavy atom. The molecule has 0 fully saturated rings. The van der Waals surface area contributed by atoms with Gasteiger partial charge in [-0.3, -0.25) is 0 Å². The Kier molecular flexibility index (Phi) is 16.8. The van der Waals surface area contributed by atoms with Crippen LogP contribution in [0.2, 0.25) is 0 Å². The van der Waals surface area contributed by atoms with Crippen LogP contribution in [0.4, 0.5) is 0 Å². The van der Waals surface area contributed by atoms with Crippen LogP contribution in [-0.4, -0.2) is 10.3 Å². The lowest BCUT2D eigenvalue weighted by Gasteiger charge is -2.36. The summed E-state index contributed by atoms with van der Waals surface area (Å²) in [6.45, 7) is 70.8. The predicted molar refractivity (Wildman–Crippen MR) is 307 cm³/mol. The fourth-order valence-corrected chi connectivity index (χ4v) is 14.1. The SMILES string of the molecule is CC(C)(C)c1cc(P(c2cc(C(C)(C)C)cc(C(C)(C)C)c2)C(C)(C)C)cc(C(C)(C)C)c1.CC(C)(C)c1cc(P(c2cc(C(C)(C)C)cc(C(C)(C)C)c2)C(C)(C)C)cc(C(C)(C)C)c1. The molecule has 0 heterocycles. The molecule has 0 atom stereocenters. The van der Waals surface area contributed by atoms with Crippen LogP contribution in [0.5, 0.6) is 0 Å². The number of hydrogen-bond acceptors (Lipinski definition) is 0. The average molecular weight is 933 g/mol. The second-order valence-corrected chi connectivity index (χ2v) is 36.2. The van der Waals surface area contributed by atoms with Gasteiger partial charge in [-0.2, -0.15) is 0 Å². The van der Waals surface area contributed by atoms with E-state index < -0.39 is 15.8 Å². The van der Waals surface area contributed by atoms with Gasteiger partial charge in [-0.25, -0.2) is 0 Å². The van der Waals surface area contributed by atoms with E-state index in [9.17, 15) is 0 Å². The van der Waals surface area contributed by atoms with E-state index in [1.54, 1.807) is 0 Å². The van der Waals surface area contributed by atoms with Crippen molar-refractivity contribution in [3.8, 4) is 0 Å². The van der Waals surface area contributed by atoms with Gasteiger partial charge in [-0.05, 0) is 135 Å². The zero-order valence-electron chi connectivity index (χ0n) is 48.8. The fourth-order valence-electron chi connectivity index (χ4n) is 8.27. The zero-order valence-corrected chi connectivity index (χ0v) is 50.6. The number of hydrogen-bond donors (Lipinski definition) is 0. The van der Waals surface area contributed by atoms with E-state index in [0.29, 0.717) is 0 Å². The number of benzene rings is 4. The molecule has 0 saturated heterocycles. The van der Waals surface area contributed by atoms with Crippen LogP contribution < -0.4 is 21.2 Å². The Morgan fingerprint density at radius 2 is 0.288 bits per heavy atom. The largest absolute Gasteiger partial charge is 0.0561 e. The van der Waals surface area contributed by atoms with E-state index in [1.807, 2.05) is 0 Å². The summed E-state index contributed by atoms with van der Waals surface area (Å²) in [5, 5.41) is 6.38. The minimum Gasteiger partial charge on any atom is -0.0561 e. The molecular weight excluding hydrogens is 831 g/mol. The van der Waals surface area contributed by atoms with Gasteiger partial charge in [-0.15, -0.1) is 0 Å². The smallest absolute Gasteiger partial charge is 0.00991 e. The van der Waals surface area contributed by atoms with Crippen molar-refractivity contribution in [3.63, 3.8) is 0 Å². The first kappa shape index (κ1) is 58.1. The van der Waals surface area contributed by atoms with Crippen LogP contribution in [0.3, 0.4) is 0 Å². The predicted octanol–water partition coefficient (Wildman–Crippen LogP) is 18.2. The van der Waals surface area contributed by atoms with Gasteiger partial charge in [0.05, 0.1) is 0 Å². The van der Waals surface area contributed by atoms with E-state index in [1.165, 1.54) is 65.7 Å². The molecule has 0 spiro atoms. The fraction of sp³-hybridized carbons (Fsp3) is 0.625. The lowest BCUT2D eigenvalue weighted by Crippen LogP contribution is -2.31. The van der Waals surface area contributed by atoms with Crippen LogP contribution in [0.25, 0.3) is 0 Å². The average Bonchev–Trinajstić information content (AvgIpc) is 3.07. The van der Waals surface area contributed by atoms with Gasteiger partial charge in [0.2, 0.25) is 0 Å². The molecule has 4 rings (SSSR count). The van der Waals surface area contributed by atoms with Gasteiger partial charge in [0.25, 0.3) is 0 Å². The Labute approximate surface area is 413 Å². The van der Waals surface area contributed by atoms with E-state index in [-0.39, 0.29) is 53.6 Å². The zero-order chi connectivity index (χ0) is 51.6. The molecule has 0 aliphatic rings. The Morgan fingerprint density at radius 3 is 0.364 bits per heavy atom. The molecule has 0 amide bonds. The second kappa shape index (κ2) is 19.2. The van der Waals surface area contributed by atoms with Crippen LogP contribution in [0.1, 0.15) is 252 Å². The molecule has 0 aromatic heterocycles. The topological polar surface area (TPSA) is 0 Å². The maximum Gasteiger partial charge on any atom is -0.00991 e. The molecule has 2 heteroatoms. The van der Waals surface area contributed by atoms with Crippen molar-refractivity contribution in [2.24, 2.45) is 0 Å². The van der Waals surface area contributed by atoms with Crippen LogP contribution in [0.15, 0.2) is 72.8 Å². The molecule has 0 saturated carbocycles. The minimum absolute atomic E-state index is 0.124. The third-order valence-corrected chi connectivity index (χ3v) is 18.8. The van der Waals surface area contributed by atoms with Crippen molar-refractivity contribution in [1.29, 1.82) is 0 Å². The summed E-state index contributed by atoms with van der Waals surface area (Å²) in [5.74, 6) is 0. The van der Waals surface area contributed by atoms with Crippen molar-refractivity contribution in [3.05, 3.63) is 117 Å². The van der Waals surface area contributed by atoms with E-state index in [4.69, 9.17) is 0 Å². The summed E-state index contributed by atoms with van der Waals surface area (Å²) in [6, 6.07) is 30.0. The van der Waals surface area contributed by atoms with Crippen molar-refractivity contribution >= 4 is 37.1 Å². The van der Waals surface area contributed by atoms with Gasteiger partial charge in [0, 0.05) is 0 Å². The third kappa shape index (κ3) is 15.4. The lowest BCUT2D eigenvalue weighted by molar-refractivity contribution is 0.568.